The van der Waals surface area contributed by atoms with E-state index in [4.69, 9.17) is 29.6 Å². The fourth-order valence-corrected chi connectivity index (χ4v) is 1.88. The fraction of sp³-hybridized carbons (Fsp3) is 0.167. The van der Waals surface area contributed by atoms with Crippen LogP contribution >= 0.6 is 23.8 Å². The Morgan fingerprint density at radius 1 is 1.56 bits per heavy atom. The number of hydrogen-bond acceptors (Lipinski definition) is 3. The number of nitrogens with one attached hydrogen (secondary N) is 1. The van der Waals surface area contributed by atoms with Crippen molar-refractivity contribution in [1.82, 2.24) is 9.78 Å². The molecule has 0 bridgehead atoms. The summed E-state index contributed by atoms with van der Waals surface area (Å²) in [5, 5.41) is 7.94. The summed E-state index contributed by atoms with van der Waals surface area (Å²) in [6.45, 7) is 2.86. The second-order valence-electron chi connectivity index (χ2n) is 3.77. The van der Waals surface area contributed by atoms with Gasteiger partial charge in [0.05, 0.1) is 22.6 Å². The molecule has 1 aromatic carbocycles. The molecular formula is C12H13ClN4S. The van der Waals surface area contributed by atoms with Crippen molar-refractivity contribution in [3.05, 3.63) is 41.2 Å². The maximum Gasteiger partial charge on any atom is 0.104 e. The van der Waals surface area contributed by atoms with Crippen LogP contribution in [0.2, 0.25) is 5.02 Å². The second-order valence-corrected chi connectivity index (χ2v) is 4.62. The van der Waals surface area contributed by atoms with E-state index >= 15 is 0 Å². The summed E-state index contributed by atoms with van der Waals surface area (Å²) >= 11 is 11.1. The predicted octanol–water partition coefficient (Wildman–Crippen LogP) is 2.93. The average Bonchev–Trinajstić information content (AvgIpc) is 2.79. The van der Waals surface area contributed by atoms with Crippen molar-refractivity contribution >= 4 is 40.2 Å². The minimum atomic E-state index is 0.335. The first-order valence-electron chi connectivity index (χ1n) is 5.49. The highest BCUT2D eigenvalue weighted by molar-refractivity contribution is 7.80. The lowest BCUT2D eigenvalue weighted by Crippen LogP contribution is -2.09. The van der Waals surface area contributed by atoms with Gasteiger partial charge in [0, 0.05) is 18.3 Å². The lowest BCUT2D eigenvalue weighted by Gasteiger charge is -2.07. The number of benzene rings is 1. The third-order valence-corrected chi connectivity index (χ3v) is 3.04. The van der Waals surface area contributed by atoms with Gasteiger partial charge in [0.1, 0.15) is 4.99 Å². The van der Waals surface area contributed by atoms with E-state index in [1.807, 2.05) is 29.9 Å². The fourth-order valence-electron chi connectivity index (χ4n) is 1.53. The van der Waals surface area contributed by atoms with Crippen LogP contribution in [-0.4, -0.2) is 14.8 Å². The Morgan fingerprint density at radius 2 is 2.33 bits per heavy atom. The molecule has 2 aromatic rings. The number of halogens is 1. The van der Waals surface area contributed by atoms with Gasteiger partial charge in [0.15, 0.2) is 0 Å². The van der Waals surface area contributed by atoms with Gasteiger partial charge in [0.25, 0.3) is 0 Å². The number of rotatable bonds is 4. The summed E-state index contributed by atoms with van der Waals surface area (Å²) < 4.78 is 1.83. The topological polar surface area (TPSA) is 55.9 Å². The van der Waals surface area contributed by atoms with Gasteiger partial charge in [-0.05, 0) is 25.1 Å². The maximum absolute atomic E-state index is 6.16. The average molecular weight is 281 g/mol. The Bertz CT molecular complexity index is 579. The lowest BCUT2D eigenvalue weighted by molar-refractivity contribution is 0.660. The summed E-state index contributed by atoms with van der Waals surface area (Å²) in [7, 11) is 0. The van der Waals surface area contributed by atoms with E-state index in [1.165, 1.54) is 0 Å². The van der Waals surface area contributed by atoms with Gasteiger partial charge in [-0.3, -0.25) is 4.68 Å². The van der Waals surface area contributed by atoms with Crippen molar-refractivity contribution in [2.45, 2.75) is 13.5 Å². The highest BCUT2D eigenvalue weighted by Gasteiger charge is 2.05. The minimum Gasteiger partial charge on any atom is -0.389 e. The van der Waals surface area contributed by atoms with Crippen LogP contribution < -0.4 is 11.1 Å². The number of aryl methyl sites for hydroxylation is 1. The van der Waals surface area contributed by atoms with Crippen molar-refractivity contribution in [2.75, 3.05) is 5.32 Å². The summed E-state index contributed by atoms with van der Waals surface area (Å²) in [5.41, 5.74) is 7.99. The first-order valence-corrected chi connectivity index (χ1v) is 6.27. The molecule has 0 radical (unpaired) electrons. The zero-order chi connectivity index (χ0) is 13.1. The van der Waals surface area contributed by atoms with Crippen LogP contribution in [0.1, 0.15) is 12.5 Å². The van der Waals surface area contributed by atoms with E-state index in [9.17, 15) is 0 Å². The highest BCUT2D eigenvalue weighted by Crippen LogP contribution is 2.26. The zero-order valence-corrected chi connectivity index (χ0v) is 11.4. The normalized spacial score (nSPS) is 10.3. The molecule has 0 spiro atoms. The van der Waals surface area contributed by atoms with E-state index in [2.05, 4.69) is 10.4 Å². The summed E-state index contributed by atoms with van der Waals surface area (Å²) in [5.74, 6) is 0. The van der Waals surface area contributed by atoms with Gasteiger partial charge in [-0.15, -0.1) is 0 Å². The van der Waals surface area contributed by atoms with Crippen LogP contribution in [0.15, 0.2) is 30.6 Å². The van der Waals surface area contributed by atoms with E-state index in [0.717, 1.165) is 23.5 Å². The Kier molecular flexibility index (Phi) is 3.84. The number of nitrogens with zero attached hydrogens (tertiary/aromatic N) is 2. The van der Waals surface area contributed by atoms with Gasteiger partial charge in [-0.2, -0.15) is 5.10 Å². The highest BCUT2D eigenvalue weighted by atomic mass is 35.5. The van der Waals surface area contributed by atoms with Crippen LogP contribution in [0.5, 0.6) is 0 Å². The molecular weight excluding hydrogens is 268 g/mol. The number of nitrogens with two attached hydrogens (primary N) is 1. The largest absolute Gasteiger partial charge is 0.389 e. The van der Waals surface area contributed by atoms with Crippen LogP contribution in [0.3, 0.4) is 0 Å². The Hall–Kier alpha value is -1.59. The van der Waals surface area contributed by atoms with Crippen molar-refractivity contribution < 1.29 is 0 Å². The third kappa shape index (κ3) is 2.80. The van der Waals surface area contributed by atoms with Crippen LogP contribution in [0.4, 0.5) is 11.4 Å². The number of hydrogen-bond donors (Lipinski definition) is 2. The Morgan fingerprint density at radius 3 is 2.89 bits per heavy atom. The Balaban J connectivity index is 2.21. The molecule has 94 valence electrons. The first-order chi connectivity index (χ1) is 8.60. The summed E-state index contributed by atoms with van der Waals surface area (Å²) in [6, 6.07) is 5.43. The van der Waals surface area contributed by atoms with E-state index in [1.54, 1.807) is 12.3 Å². The predicted molar refractivity (Wildman–Crippen MR) is 78.5 cm³/mol. The van der Waals surface area contributed by atoms with Gasteiger partial charge < -0.3 is 11.1 Å². The monoisotopic (exact) mass is 280 g/mol. The number of anilines is 2. The molecule has 0 fully saturated rings. The molecule has 2 rings (SSSR count). The van der Waals surface area contributed by atoms with Crippen molar-refractivity contribution in [2.24, 2.45) is 5.73 Å². The van der Waals surface area contributed by atoms with Gasteiger partial charge in [0.2, 0.25) is 0 Å². The Labute approximate surface area is 116 Å². The zero-order valence-electron chi connectivity index (χ0n) is 9.85. The molecule has 0 aliphatic rings. The first kappa shape index (κ1) is 12.9. The van der Waals surface area contributed by atoms with Gasteiger partial charge in [-0.25, -0.2) is 0 Å². The molecule has 0 unspecified atom stereocenters. The van der Waals surface area contributed by atoms with Crippen LogP contribution in [-0.2, 0) is 6.54 Å². The van der Waals surface area contributed by atoms with E-state index in [0.29, 0.717) is 10.0 Å². The lowest BCUT2D eigenvalue weighted by atomic mass is 10.2. The molecule has 4 nitrogen and oxygen atoms in total. The van der Waals surface area contributed by atoms with Crippen molar-refractivity contribution in [3.8, 4) is 0 Å². The SMILES string of the molecule is CCn1cc(Nc2ccc(C(N)=S)cc2Cl)cn1. The van der Waals surface area contributed by atoms with Crippen molar-refractivity contribution in [1.29, 1.82) is 0 Å². The molecule has 0 amide bonds. The van der Waals surface area contributed by atoms with Gasteiger partial charge >= 0.3 is 0 Å². The second kappa shape index (κ2) is 5.37. The number of aromatic nitrogens is 2. The van der Waals surface area contributed by atoms with Crippen LogP contribution in [0, 0.1) is 0 Å². The third-order valence-electron chi connectivity index (χ3n) is 2.49. The molecule has 18 heavy (non-hydrogen) atoms. The van der Waals surface area contributed by atoms with Crippen molar-refractivity contribution in [3.63, 3.8) is 0 Å². The molecule has 0 saturated heterocycles. The molecule has 6 heteroatoms. The van der Waals surface area contributed by atoms with E-state index in [-0.39, 0.29) is 0 Å². The summed E-state index contributed by atoms with van der Waals surface area (Å²) in [4.78, 5) is 0.335. The molecule has 0 aliphatic heterocycles. The molecule has 3 N–H and O–H groups in total. The minimum absolute atomic E-state index is 0.335. The molecule has 1 aromatic heterocycles. The number of thiocarbonyl (C=S) groups is 1. The van der Waals surface area contributed by atoms with Crippen LogP contribution in [0.25, 0.3) is 0 Å². The smallest absolute Gasteiger partial charge is 0.104 e. The quantitative estimate of drug-likeness (QED) is 0.846. The van der Waals surface area contributed by atoms with E-state index < -0.39 is 0 Å². The maximum atomic E-state index is 6.16. The molecule has 0 saturated carbocycles. The standard InChI is InChI=1S/C12H13ClN4S/c1-2-17-7-9(6-15-17)16-11-4-3-8(12(14)18)5-10(11)13/h3-7,16H,2H2,1H3,(H2,14,18). The molecule has 0 atom stereocenters. The molecule has 0 aliphatic carbocycles. The molecule has 1 heterocycles. The van der Waals surface area contributed by atoms with Gasteiger partial charge in [-0.1, -0.05) is 23.8 Å². The summed E-state index contributed by atoms with van der Waals surface area (Å²) in [6.07, 6.45) is 3.67.